The topological polar surface area (TPSA) is 68.0 Å². The van der Waals surface area contributed by atoms with Gasteiger partial charge in [0.05, 0.1) is 6.20 Å². The van der Waals surface area contributed by atoms with Crippen molar-refractivity contribution < 1.29 is 9.21 Å². The Hall–Kier alpha value is -3.09. The molecule has 0 aliphatic carbocycles. The number of aryl methyl sites for hydroxylation is 1. The van der Waals surface area contributed by atoms with E-state index in [1.807, 2.05) is 48.7 Å². The first-order valence-electron chi connectivity index (χ1n) is 9.78. The molecule has 0 aliphatic heterocycles. The Kier molecular flexibility index (Phi) is 7.02. The lowest BCUT2D eigenvalue weighted by molar-refractivity contribution is -0.116. The number of halogens is 1. The van der Waals surface area contributed by atoms with Gasteiger partial charge >= 0.3 is 0 Å². The number of rotatable bonds is 8. The zero-order chi connectivity index (χ0) is 21.5. The zero-order valence-corrected chi connectivity index (χ0v) is 18.2. The second kappa shape index (κ2) is 10.3. The fourth-order valence-corrected chi connectivity index (χ4v) is 3.86. The van der Waals surface area contributed by atoms with Gasteiger partial charge in [0.25, 0.3) is 0 Å². The van der Waals surface area contributed by atoms with E-state index >= 15 is 0 Å². The summed E-state index contributed by atoms with van der Waals surface area (Å²) in [5.74, 6) is 1.96. The molecule has 156 valence electrons. The van der Waals surface area contributed by atoms with E-state index in [-0.39, 0.29) is 12.3 Å². The highest BCUT2D eigenvalue weighted by molar-refractivity contribution is 7.98. The number of pyridine rings is 1. The highest BCUT2D eigenvalue weighted by atomic mass is 35.5. The molecular formula is C24H20ClN3O2S. The summed E-state index contributed by atoms with van der Waals surface area (Å²) in [5.41, 5.74) is 2.84. The minimum atomic E-state index is -0.0815. The second-order valence-electron chi connectivity index (χ2n) is 6.85. The standard InChI is InChI=1S/C24H20ClN3O2S/c25-19-5-3-18(4-6-19)22-15-27-24(30-22)12-11-23(29)28-20-7-9-21(10-8-20)31-16-17-2-1-13-26-14-17/h1-10,13-15H,11-12,16H2,(H,28,29). The number of oxazole rings is 1. The van der Waals surface area contributed by atoms with Crippen LogP contribution in [0.25, 0.3) is 11.3 Å². The largest absolute Gasteiger partial charge is 0.441 e. The van der Waals surface area contributed by atoms with Crippen LogP contribution in [-0.4, -0.2) is 15.9 Å². The smallest absolute Gasteiger partial charge is 0.224 e. The lowest BCUT2D eigenvalue weighted by Gasteiger charge is -2.06. The van der Waals surface area contributed by atoms with Crippen LogP contribution in [0.5, 0.6) is 0 Å². The van der Waals surface area contributed by atoms with E-state index in [0.29, 0.717) is 23.1 Å². The number of hydrogen-bond acceptors (Lipinski definition) is 5. The summed E-state index contributed by atoms with van der Waals surface area (Å²) in [5, 5.41) is 3.58. The van der Waals surface area contributed by atoms with Crippen LogP contribution in [0, 0.1) is 0 Å². The molecule has 2 aromatic carbocycles. The Bertz CT molecular complexity index is 1130. The van der Waals surface area contributed by atoms with E-state index in [1.165, 1.54) is 5.56 Å². The molecule has 0 fully saturated rings. The van der Waals surface area contributed by atoms with Gasteiger partial charge in [-0.2, -0.15) is 0 Å². The number of benzene rings is 2. The van der Waals surface area contributed by atoms with Crippen molar-refractivity contribution in [3.63, 3.8) is 0 Å². The minimum Gasteiger partial charge on any atom is -0.441 e. The van der Waals surface area contributed by atoms with Crippen molar-refractivity contribution in [1.82, 2.24) is 9.97 Å². The van der Waals surface area contributed by atoms with Gasteiger partial charge in [0.15, 0.2) is 11.7 Å². The molecule has 0 spiro atoms. The van der Waals surface area contributed by atoms with Gasteiger partial charge in [0.2, 0.25) is 5.91 Å². The molecule has 0 unspecified atom stereocenters. The predicted octanol–water partition coefficient (Wildman–Crippen LogP) is 6.25. The average Bonchev–Trinajstić information content (AvgIpc) is 3.28. The van der Waals surface area contributed by atoms with Crippen LogP contribution in [0.2, 0.25) is 5.02 Å². The molecule has 0 saturated heterocycles. The fourth-order valence-electron chi connectivity index (χ4n) is 2.90. The minimum absolute atomic E-state index is 0.0815. The van der Waals surface area contributed by atoms with Crippen LogP contribution >= 0.6 is 23.4 Å². The first-order valence-corrected chi connectivity index (χ1v) is 11.1. The van der Waals surface area contributed by atoms with Crippen molar-refractivity contribution >= 4 is 35.0 Å². The summed E-state index contributed by atoms with van der Waals surface area (Å²) < 4.78 is 5.75. The number of carbonyl (C=O) groups is 1. The molecule has 0 atom stereocenters. The molecule has 1 N–H and O–H groups in total. The van der Waals surface area contributed by atoms with Crippen LogP contribution in [0.1, 0.15) is 17.9 Å². The van der Waals surface area contributed by atoms with Crippen molar-refractivity contribution in [2.75, 3.05) is 5.32 Å². The second-order valence-corrected chi connectivity index (χ2v) is 8.33. The van der Waals surface area contributed by atoms with Gasteiger partial charge in [0.1, 0.15) is 0 Å². The predicted molar refractivity (Wildman–Crippen MR) is 124 cm³/mol. The molecular weight excluding hydrogens is 430 g/mol. The molecule has 0 bridgehead atoms. The molecule has 31 heavy (non-hydrogen) atoms. The number of nitrogens with zero attached hydrogens (tertiary/aromatic N) is 2. The van der Waals surface area contributed by atoms with E-state index < -0.39 is 0 Å². The third kappa shape index (κ3) is 6.20. The number of anilines is 1. The molecule has 0 radical (unpaired) electrons. The first-order chi connectivity index (χ1) is 15.2. The summed E-state index contributed by atoms with van der Waals surface area (Å²) in [6.45, 7) is 0. The van der Waals surface area contributed by atoms with Crippen LogP contribution in [-0.2, 0) is 17.0 Å². The van der Waals surface area contributed by atoms with Crippen molar-refractivity contribution in [1.29, 1.82) is 0 Å². The van der Waals surface area contributed by atoms with E-state index in [9.17, 15) is 4.79 Å². The van der Waals surface area contributed by atoms with Gasteiger partial charge in [-0.05, 0) is 60.2 Å². The third-order valence-electron chi connectivity index (χ3n) is 4.51. The number of nitrogens with one attached hydrogen (secondary N) is 1. The Morgan fingerprint density at radius 3 is 2.58 bits per heavy atom. The maximum absolute atomic E-state index is 12.3. The summed E-state index contributed by atoms with van der Waals surface area (Å²) >= 11 is 7.64. The highest BCUT2D eigenvalue weighted by Crippen LogP contribution is 2.25. The number of thioether (sulfide) groups is 1. The van der Waals surface area contributed by atoms with Crippen molar-refractivity contribution in [2.24, 2.45) is 0 Å². The number of amides is 1. The number of hydrogen-bond donors (Lipinski definition) is 1. The Labute approximate surface area is 189 Å². The normalized spacial score (nSPS) is 10.7. The molecule has 7 heteroatoms. The Balaban J connectivity index is 1.25. The van der Waals surface area contributed by atoms with E-state index in [4.69, 9.17) is 16.0 Å². The monoisotopic (exact) mass is 449 g/mol. The van der Waals surface area contributed by atoms with Crippen LogP contribution in [0.4, 0.5) is 5.69 Å². The van der Waals surface area contributed by atoms with Gasteiger partial charge in [0, 0.05) is 52.2 Å². The molecule has 0 aliphatic rings. The van der Waals surface area contributed by atoms with Crippen molar-refractivity contribution in [3.8, 4) is 11.3 Å². The third-order valence-corrected chi connectivity index (χ3v) is 5.85. The van der Waals surface area contributed by atoms with Gasteiger partial charge in [-0.3, -0.25) is 9.78 Å². The van der Waals surface area contributed by atoms with Gasteiger partial charge < -0.3 is 9.73 Å². The summed E-state index contributed by atoms with van der Waals surface area (Å²) in [7, 11) is 0. The lowest BCUT2D eigenvalue weighted by atomic mass is 10.2. The Morgan fingerprint density at radius 2 is 1.84 bits per heavy atom. The maximum atomic E-state index is 12.3. The summed E-state index contributed by atoms with van der Waals surface area (Å²) in [6, 6.07) is 19.2. The molecule has 0 saturated carbocycles. The highest BCUT2D eigenvalue weighted by Gasteiger charge is 2.09. The lowest BCUT2D eigenvalue weighted by Crippen LogP contribution is -2.12. The first kappa shape index (κ1) is 21.2. The maximum Gasteiger partial charge on any atom is 0.224 e. The molecule has 2 aromatic heterocycles. The van der Waals surface area contributed by atoms with E-state index in [1.54, 1.807) is 36.3 Å². The van der Waals surface area contributed by atoms with E-state index in [2.05, 4.69) is 21.4 Å². The SMILES string of the molecule is O=C(CCc1ncc(-c2ccc(Cl)cc2)o1)Nc1ccc(SCc2cccnc2)cc1. The summed E-state index contributed by atoms with van der Waals surface area (Å²) in [4.78, 5) is 21.8. The van der Waals surface area contributed by atoms with Crippen LogP contribution in [0.15, 0.2) is 88.6 Å². The van der Waals surface area contributed by atoms with Gasteiger partial charge in [-0.1, -0.05) is 17.7 Å². The molecule has 2 heterocycles. The molecule has 1 amide bonds. The van der Waals surface area contributed by atoms with Crippen LogP contribution in [0.3, 0.4) is 0 Å². The van der Waals surface area contributed by atoms with Crippen molar-refractivity contribution in [3.05, 3.63) is 95.7 Å². The van der Waals surface area contributed by atoms with Gasteiger partial charge in [-0.25, -0.2) is 4.98 Å². The summed E-state index contributed by atoms with van der Waals surface area (Å²) in [6.07, 6.45) is 6.02. The van der Waals surface area contributed by atoms with Crippen molar-refractivity contribution in [2.45, 2.75) is 23.5 Å². The average molecular weight is 450 g/mol. The molecule has 5 nitrogen and oxygen atoms in total. The van der Waals surface area contributed by atoms with E-state index in [0.717, 1.165) is 21.9 Å². The van der Waals surface area contributed by atoms with Gasteiger partial charge in [-0.15, -0.1) is 11.8 Å². The molecule has 4 rings (SSSR count). The van der Waals surface area contributed by atoms with Crippen LogP contribution < -0.4 is 5.32 Å². The Morgan fingerprint density at radius 1 is 1.03 bits per heavy atom. The fraction of sp³-hybridized carbons (Fsp3) is 0.125. The number of carbonyl (C=O) groups excluding carboxylic acids is 1. The number of aromatic nitrogens is 2. The zero-order valence-electron chi connectivity index (χ0n) is 16.6. The molecule has 4 aromatic rings. The quantitative estimate of drug-likeness (QED) is 0.322.